The summed E-state index contributed by atoms with van der Waals surface area (Å²) in [6.45, 7) is 3.44. The number of halogens is 1. The number of aliphatic hydroxyl groups excluding tert-OH is 1. The van der Waals surface area contributed by atoms with Crippen molar-refractivity contribution in [2.45, 2.75) is 6.92 Å². The van der Waals surface area contributed by atoms with Crippen molar-refractivity contribution < 1.29 is 9.84 Å². The predicted molar refractivity (Wildman–Crippen MR) is 78.3 cm³/mol. The van der Waals surface area contributed by atoms with Crippen LogP contribution in [0.4, 0.5) is 5.69 Å². The number of ether oxygens (including phenoxy) is 1. The first-order chi connectivity index (χ1) is 8.63. The summed E-state index contributed by atoms with van der Waals surface area (Å²) >= 11 is 11.0. The third-order valence-corrected chi connectivity index (χ3v) is 2.69. The van der Waals surface area contributed by atoms with Crippen molar-refractivity contribution in [2.75, 3.05) is 31.7 Å². The highest BCUT2D eigenvalue weighted by atomic mass is 35.5. The van der Waals surface area contributed by atoms with Crippen LogP contribution in [0, 0.1) is 6.92 Å². The van der Waals surface area contributed by atoms with Crippen molar-refractivity contribution in [1.82, 2.24) is 5.32 Å². The van der Waals surface area contributed by atoms with Crippen LogP contribution in [0.15, 0.2) is 18.2 Å². The Kier molecular flexibility index (Phi) is 6.97. The molecule has 3 N–H and O–H groups in total. The highest BCUT2D eigenvalue weighted by Gasteiger charge is 2.01. The highest BCUT2D eigenvalue weighted by Crippen LogP contribution is 2.19. The maximum atomic E-state index is 8.53. The summed E-state index contributed by atoms with van der Waals surface area (Å²) in [6, 6.07) is 5.56. The molecule has 0 saturated heterocycles. The van der Waals surface area contributed by atoms with E-state index in [9.17, 15) is 0 Å². The third kappa shape index (κ3) is 5.64. The Morgan fingerprint density at radius 3 is 2.89 bits per heavy atom. The monoisotopic (exact) mass is 288 g/mol. The predicted octanol–water partition coefficient (Wildman–Crippen LogP) is 1.94. The first kappa shape index (κ1) is 15.2. The van der Waals surface area contributed by atoms with Gasteiger partial charge in [0, 0.05) is 17.3 Å². The second-order valence-corrected chi connectivity index (χ2v) is 4.52. The summed E-state index contributed by atoms with van der Waals surface area (Å²) < 4.78 is 5.11. The van der Waals surface area contributed by atoms with Gasteiger partial charge in [-0.05, 0) is 42.9 Å². The molecular formula is C12H17ClN2O2S. The number of benzene rings is 1. The number of anilines is 1. The molecule has 0 saturated carbocycles. The van der Waals surface area contributed by atoms with E-state index < -0.39 is 0 Å². The average Bonchev–Trinajstić information content (AvgIpc) is 2.32. The molecule has 0 bridgehead atoms. The van der Waals surface area contributed by atoms with Gasteiger partial charge >= 0.3 is 0 Å². The molecule has 0 heterocycles. The number of thiocarbonyl (C=S) groups is 1. The zero-order chi connectivity index (χ0) is 13.4. The van der Waals surface area contributed by atoms with Gasteiger partial charge in [-0.15, -0.1) is 0 Å². The highest BCUT2D eigenvalue weighted by molar-refractivity contribution is 7.80. The Labute approximate surface area is 117 Å². The number of aryl methyl sites for hydroxylation is 1. The van der Waals surface area contributed by atoms with Crippen molar-refractivity contribution in [3.63, 3.8) is 0 Å². The molecule has 0 aromatic heterocycles. The van der Waals surface area contributed by atoms with Gasteiger partial charge in [0.15, 0.2) is 5.11 Å². The first-order valence-corrected chi connectivity index (χ1v) is 6.41. The number of aliphatic hydroxyl groups is 1. The summed E-state index contributed by atoms with van der Waals surface area (Å²) in [7, 11) is 0. The molecule has 0 unspecified atom stereocenters. The molecule has 0 aliphatic rings. The van der Waals surface area contributed by atoms with Crippen molar-refractivity contribution in [1.29, 1.82) is 0 Å². The molecule has 6 heteroatoms. The molecule has 4 nitrogen and oxygen atoms in total. The van der Waals surface area contributed by atoms with Crippen molar-refractivity contribution in [2.24, 2.45) is 0 Å². The van der Waals surface area contributed by atoms with Gasteiger partial charge < -0.3 is 20.5 Å². The molecule has 1 rings (SSSR count). The molecular weight excluding hydrogens is 272 g/mol. The summed E-state index contributed by atoms with van der Waals surface area (Å²) in [6.07, 6.45) is 0. The molecule has 0 aliphatic heterocycles. The van der Waals surface area contributed by atoms with Gasteiger partial charge in [-0.3, -0.25) is 0 Å². The summed E-state index contributed by atoms with van der Waals surface area (Å²) in [5, 5.41) is 15.9. The van der Waals surface area contributed by atoms with Crippen LogP contribution in [0.3, 0.4) is 0 Å². The van der Waals surface area contributed by atoms with Crippen LogP contribution in [0.5, 0.6) is 0 Å². The van der Waals surface area contributed by atoms with Crippen LogP contribution in [0.2, 0.25) is 5.02 Å². The standard InChI is InChI=1S/C12H17ClN2O2S/c1-9-8-10(13)2-3-11(9)15-12(18)14-4-6-17-7-5-16/h2-3,8,16H,4-7H2,1H3,(H2,14,15,18). The second kappa shape index (κ2) is 8.26. The summed E-state index contributed by atoms with van der Waals surface area (Å²) in [4.78, 5) is 0. The lowest BCUT2D eigenvalue weighted by Gasteiger charge is -2.12. The lowest BCUT2D eigenvalue weighted by Crippen LogP contribution is -2.31. The zero-order valence-corrected chi connectivity index (χ0v) is 11.8. The SMILES string of the molecule is Cc1cc(Cl)ccc1NC(=S)NCCOCCO. The fraction of sp³-hybridized carbons (Fsp3) is 0.417. The van der Waals surface area contributed by atoms with E-state index in [2.05, 4.69) is 10.6 Å². The minimum Gasteiger partial charge on any atom is -0.394 e. The van der Waals surface area contributed by atoms with Gasteiger partial charge in [0.1, 0.15) is 0 Å². The molecule has 0 spiro atoms. The lowest BCUT2D eigenvalue weighted by atomic mass is 10.2. The van der Waals surface area contributed by atoms with E-state index >= 15 is 0 Å². The van der Waals surface area contributed by atoms with Crippen molar-refractivity contribution >= 4 is 34.6 Å². The van der Waals surface area contributed by atoms with Gasteiger partial charge in [-0.2, -0.15) is 0 Å². The normalized spacial score (nSPS) is 10.2. The van der Waals surface area contributed by atoms with E-state index in [1.165, 1.54) is 0 Å². The van der Waals surface area contributed by atoms with E-state index in [4.69, 9.17) is 33.7 Å². The minimum absolute atomic E-state index is 0.0344. The van der Waals surface area contributed by atoms with Crippen molar-refractivity contribution in [3.8, 4) is 0 Å². The average molecular weight is 289 g/mol. The van der Waals surface area contributed by atoms with Gasteiger partial charge in [0.2, 0.25) is 0 Å². The topological polar surface area (TPSA) is 53.5 Å². The number of hydrogen-bond acceptors (Lipinski definition) is 3. The molecule has 0 radical (unpaired) electrons. The van der Waals surface area contributed by atoms with Crippen LogP contribution in [0.25, 0.3) is 0 Å². The van der Waals surface area contributed by atoms with Gasteiger partial charge in [0.25, 0.3) is 0 Å². The fourth-order valence-corrected chi connectivity index (χ4v) is 1.78. The van der Waals surface area contributed by atoms with Crippen molar-refractivity contribution in [3.05, 3.63) is 28.8 Å². The zero-order valence-electron chi connectivity index (χ0n) is 10.2. The lowest BCUT2D eigenvalue weighted by molar-refractivity contribution is 0.0959. The van der Waals surface area contributed by atoms with E-state index in [1.54, 1.807) is 0 Å². The van der Waals surface area contributed by atoms with E-state index in [-0.39, 0.29) is 6.61 Å². The second-order valence-electron chi connectivity index (χ2n) is 3.68. The Morgan fingerprint density at radius 2 is 2.22 bits per heavy atom. The minimum atomic E-state index is 0.0344. The molecule has 0 atom stereocenters. The van der Waals surface area contributed by atoms with Gasteiger partial charge in [0.05, 0.1) is 19.8 Å². The van der Waals surface area contributed by atoms with Crippen LogP contribution < -0.4 is 10.6 Å². The summed E-state index contributed by atoms with van der Waals surface area (Å²) in [5.41, 5.74) is 1.95. The molecule has 0 amide bonds. The van der Waals surface area contributed by atoms with Crippen LogP contribution in [-0.4, -0.2) is 36.6 Å². The molecule has 1 aromatic carbocycles. The third-order valence-electron chi connectivity index (χ3n) is 2.20. The van der Waals surface area contributed by atoms with E-state index in [0.717, 1.165) is 11.3 Å². The number of hydrogen-bond donors (Lipinski definition) is 3. The molecule has 0 fully saturated rings. The van der Waals surface area contributed by atoms with Crippen LogP contribution >= 0.6 is 23.8 Å². The van der Waals surface area contributed by atoms with Gasteiger partial charge in [-0.1, -0.05) is 11.6 Å². The number of nitrogens with one attached hydrogen (secondary N) is 2. The Morgan fingerprint density at radius 1 is 1.44 bits per heavy atom. The quantitative estimate of drug-likeness (QED) is 0.552. The Bertz CT molecular complexity index is 402. The molecule has 18 heavy (non-hydrogen) atoms. The van der Waals surface area contributed by atoms with Crippen LogP contribution in [0.1, 0.15) is 5.56 Å². The molecule has 1 aromatic rings. The fourth-order valence-electron chi connectivity index (χ4n) is 1.34. The molecule has 0 aliphatic carbocycles. The maximum absolute atomic E-state index is 8.53. The van der Waals surface area contributed by atoms with E-state index in [0.29, 0.717) is 29.9 Å². The number of rotatable bonds is 6. The van der Waals surface area contributed by atoms with Gasteiger partial charge in [-0.25, -0.2) is 0 Å². The first-order valence-electron chi connectivity index (χ1n) is 5.63. The summed E-state index contributed by atoms with van der Waals surface area (Å²) in [5.74, 6) is 0. The van der Waals surface area contributed by atoms with Crippen LogP contribution in [-0.2, 0) is 4.74 Å². The Hall–Kier alpha value is -0.880. The Balaban J connectivity index is 2.31. The maximum Gasteiger partial charge on any atom is 0.170 e. The smallest absolute Gasteiger partial charge is 0.170 e. The molecule has 100 valence electrons. The van der Waals surface area contributed by atoms with E-state index in [1.807, 2.05) is 25.1 Å². The largest absolute Gasteiger partial charge is 0.394 e.